The smallest absolute Gasteiger partial charge is 0.246 e. The van der Waals surface area contributed by atoms with Gasteiger partial charge in [0.2, 0.25) is 17.6 Å². The molecule has 20 heavy (non-hydrogen) atoms. The molecule has 2 rings (SSSR count). The summed E-state index contributed by atoms with van der Waals surface area (Å²) in [7, 11) is 1.74. The third-order valence-electron chi connectivity index (χ3n) is 3.10. The molecule has 0 spiro atoms. The highest BCUT2D eigenvalue weighted by Gasteiger charge is 2.17. The molecule has 5 nitrogen and oxygen atoms in total. The van der Waals surface area contributed by atoms with E-state index in [9.17, 15) is 4.79 Å². The summed E-state index contributed by atoms with van der Waals surface area (Å²) in [5, 5.41) is 3.98. The zero-order valence-electron chi connectivity index (χ0n) is 12.3. The molecule has 0 fully saturated rings. The first-order chi connectivity index (χ1) is 9.49. The number of carbonyl (C=O) groups is 1. The minimum Gasteiger partial charge on any atom is -0.337 e. The summed E-state index contributed by atoms with van der Waals surface area (Å²) in [6.07, 6.45) is 0. The number of nitrogens with zero attached hydrogens (tertiary/aromatic N) is 3. The second-order valence-electron chi connectivity index (χ2n) is 5.18. The van der Waals surface area contributed by atoms with Gasteiger partial charge in [0, 0.05) is 18.5 Å². The van der Waals surface area contributed by atoms with Gasteiger partial charge in [0.05, 0.1) is 6.54 Å². The molecule has 0 radical (unpaired) electrons. The Morgan fingerprint density at radius 2 is 2.05 bits per heavy atom. The number of benzene rings is 1. The van der Waals surface area contributed by atoms with Crippen molar-refractivity contribution in [1.82, 2.24) is 15.0 Å². The van der Waals surface area contributed by atoms with Crippen molar-refractivity contribution in [3.05, 3.63) is 35.7 Å². The number of carbonyl (C=O) groups excluding carboxylic acids is 1. The summed E-state index contributed by atoms with van der Waals surface area (Å²) in [4.78, 5) is 17.8. The second kappa shape index (κ2) is 5.86. The van der Waals surface area contributed by atoms with Gasteiger partial charge >= 0.3 is 0 Å². The molecule has 0 aliphatic rings. The monoisotopic (exact) mass is 273 g/mol. The van der Waals surface area contributed by atoms with Gasteiger partial charge in [0.1, 0.15) is 0 Å². The van der Waals surface area contributed by atoms with Crippen molar-refractivity contribution in [2.45, 2.75) is 27.3 Å². The van der Waals surface area contributed by atoms with Gasteiger partial charge in [-0.15, -0.1) is 0 Å². The molecule has 2 aromatic rings. The molecule has 1 heterocycles. The van der Waals surface area contributed by atoms with E-state index in [1.54, 1.807) is 11.9 Å². The van der Waals surface area contributed by atoms with Crippen LogP contribution in [0.1, 0.15) is 25.3 Å². The summed E-state index contributed by atoms with van der Waals surface area (Å²) in [5.74, 6) is 1.02. The lowest BCUT2D eigenvalue weighted by Gasteiger charge is -2.16. The maximum Gasteiger partial charge on any atom is 0.246 e. The molecule has 1 aromatic carbocycles. The van der Waals surface area contributed by atoms with Crippen LogP contribution in [0.15, 0.2) is 28.8 Å². The Bertz CT molecular complexity index is 605. The SMILES string of the molecule is Cc1ccccc1-c1noc(CN(C)C(=O)C(C)C)n1. The van der Waals surface area contributed by atoms with Gasteiger partial charge in [-0.1, -0.05) is 43.3 Å². The first-order valence-corrected chi connectivity index (χ1v) is 6.62. The lowest BCUT2D eigenvalue weighted by atomic mass is 10.1. The molecule has 0 N–H and O–H groups in total. The molecule has 1 aromatic heterocycles. The predicted octanol–water partition coefficient (Wildman–Crippen LogP) is 2.66. The van der Waals surface area contributed by atoms with E-state index in [4.69, 9.17) is 4.52 Å². The molecule has 0 aliphatic heterocycles. The number of aryl methyl sites for hydroxylation is 1. The van der Waals surface area contributed by atoms with Crippen molar-refractivity contribution < 1.29 is 9.32 Å². The first kappa shape index (κ1) is 14.2. The van der Waals surface area contributed by atoms with Gasteiger partial charge in [0.25, 0.3) is 0 Å². The molecule has 0 saturated carbocycles. The minimum atomic E-state index is -0.0428. The topological polar surface area (TPSA) is 59.2 Å². The van der Waals surface area contributed by atoms with Gasteiger partial charge in [-0.3, -0.25) is 4.79 Å². The van der Waals surface area contributed by atoms with Crippen LogP contribution < -0.4 is 0 Å². The molecule has 0 atom stereocenters. The highest BCUT2D eigenvalue weighted by molar-refractivity contribution is 5.77. The van der Waals surface area contributed by atoms with Crippen LogP contribution in [0.5, 0.6) is 0 Å². The lowest BCUT2D eigenvalue weighted by molar-refractivity contribution is -0.133. The summed E-state index contributed by atoms with van der Waals surface area (Å²) in [5.41, 5.74) is 2.03. The van der Waals surface area contributed by atoms with Gasteiger partial charge in [-0.2, -0.15) is 4.98 Å². The molecule has 1 amide bonds. The fourth-order valence-corrected chi connectivity index (χ4v) is 1.97. The van der Waals surface area contributed by atoms with Crippen LogP contribution in [0.25, 0.3) is 11.4 Å². The average Bonchev–Trinajstić information content (AvgIpc) is 2.86. The molecular weight excluding hydrogens is 254 g/mol. The van der Waals surface area contributed by atoms with Crippen molar-refractivity contribution in [2.75, 3.05) is 7.05 Å². The number of rotatable bonds is 4. The van der Waals surface area contributed by atoms with Crippen molar-refractivity contribution in [2.24, 2.45) is 5.92 Å². The van der Waals surface area contributed by atoms with E-state index in [1.165, 1.54) is 0 Å². The Labute approximate surface area is 118 Å². The van der Waals surface area contributed by atoms with Crippen molar-refractivity contribution in [3.8, 4) is 11.4 Å². The molecular formula is C15H19N3O2. The van der Waals surface area contributed by atoms with E-state index in [0.717, 1.165) is 11.1 Å². The summed E-state index contributed by atoms with van der Waals surface area (Å²) < 4.78 is 5.22. The van der Waals surface area contributed by atoms with E-state index in [-0.39, 0.29) is 11.8 Å². The highest BCUT2D eigenvalue weighted by Crippen LogP contribution is 2.20. The largest absolute Gasteiger partial charge is 0.337 e. The van der Waals surface area contributed by atoms with Gasteiger partial charge in [-0.05, 0) is 12.5 Å². The minimum absolute atomic E-state index is 0.0428. The van der Waals surface area contributed by atoms with E-state index >= 15 is 0 Å². The Morgan fingerprint density at radius 3 is 2.70 bits per heavy atom. The third kappa shape index (κ3) is 3.04. The quantitative estimate of drug-likeness (QED) is 0.859. The van der Waals surface area contributed by atoms with Gasteiger partial charge in [-0.25, -0.2) is 0 Å². The number of hydrogen-bond donors (Lipinski definition) is 0. The van der Waals surface area contributed by atoms with Crippen LogP contribution in [-0.2, 0) is 11.3 Å². The number of hydrogen-bond acceptors (Lipinski definition) is 4. The Hall–Kier alpha value is -2.17. The molecule has 106 valence electrons. The number of amides is 1. The normalized spacial score (nSPS) is 10.8. The van der Waals surface area contributed by atoms with Crippen LogP contribution in [0.4, 0.5) is 0 Å². The maximum absolute atomic E-state index is 11.8. The van der Waals surface area contributed by atoms with Crippen LogP contribution in [-0.4, -0.2) is 28.0 Å². The van der Waals surface area contributed by atoms with Crippen molar-refractivity contribution in [3.63, 3.8) is 0 Å². The molecule has 0 bridgehead atoms. The summed E-state index contributed by atoms with van der Waals surface area (Å²) in [6.45, 7) is 6.06. The van der Waals surface area contributed by atoms with Crippen LogP contribution in [0, 0.1) is 12.8 Å². The third-order valence-corrected chi connectivity index (χ3v) is 3.10. The van der Waals surface area contributed by atoms with Gasteiger partial charge in [0.15, 0.2) is 0 Å². The maximum atomic E-state index is 11.8. The number of aromatic nitrogens is 2. The van der Waals surface area contributed by atoms with E-state index in [2.05, 4.69) is 10.1 Å². The average molecular weight is 273 g/mol. The van der Waals surface area contributed by atoms with Crippen LogP contribution in [0.2, 0.25) is 0 Å². The fourth-order valence-electron chi connectivity index (χ4n) is 1.97. The van der Waals surface area contributed by atoms with E-state index in [1.807, 2.05) is 45.0 Å². The highest BCUT2D eigenvalue weighted by atomic mass is 16.5. The Balaban J connectivity index is 2.14. The molecule has 0 unspecified atom stereocenters. The fraction of sp³-hybridized carbons (Fsp3) is 0.400. The zero-order chi connectivity index (χ0) is 14.7. The standard InChI is InChI=1S/C15H19N3O2/c1-10(2)15(19)18(4)9-13-16-14(17-20-13)12-8-6-5-7-11(12)3/h5-8,10H,9H2,1-4H3. The lowest BCUT2D eigenvalue weighted by Crippen LogP contribution is -2.30. The Morgan fingerprint density at radius 1 is 1.35 bits per heavy atom. The van der Waals surface area contributed by atoms with E-state index < -0.39 is 0 Å². The molecule has 0 aliphatic carbocycles. The van der Waals surface area contributed by atoms with Crippen molar-refractivity contribution >= 4 is 5.91 Å². The zero-order valence-corrected chi connectivity index (χ0v) is 12.3. The van der Waals surface area contributed by atoms with Crippen LogP contribution in [0.3, 0.4) is 0 Å². The van der Waals surface area contributed by atoms with Gasteiger partial charge < -0.3 is 9.42 Å². The second-order valence-corrected chi connectivity index (χ2v) is 5.18. The Kier molecular flexibility index (Phi) is 4.17. The van der Waals surface area contributed by atoms with E-state index in [0.29, 0.717) is 18.3 Å². The molecule has 5 heteroatoms. The molecule has 0 saturated heterocycles. The summed E-state index contributed by atoms with van der Waals surface area (Å²) in [6, 6.07) is 7.86. The van der Waals surface area contributed by atoms with Crippen molar-refractivity contribution in [1.29, 1.82) is 0 Å². The predicted molar refractivity (Wildman–Crippen MR) is 75.8 cm³/mol. The summed E-state index contributed by atoms with van der Waals surface area (Å²) >= 11 is 0. The first-order valence-electron chi connectivity index (χ1n) is 6.62. The van der Waals surface area contributed by atoms with Crippen LogP contribution >= 0.6 is 0 Å².